The van der Waals surface area contributed by atoms with Crippen molar-refractivity contribution in [1.82, 2.24) is 15.0 Å². The zero-order chi connectivity index (χ0) is 59.3. The molecular weight excluding hydrogens is 1130 g/mol. The lowest BCUT2D eigenvalue weighted by Gasteiger charge is -2.50. The molecule has 21 N–H and O–H groups in total. The van der Waals surface area contributed by atoms with Crippen molar-refractivity contribution in [3.63, 3.8) is 0 Å². The lowest BCUT2D eigenvalue weighted by Crippen LogP contribution is -2.68. The monoisotopic (exact) mass is 1200 g/mol. The van der Waals surface area contributed by atoms with E-state index in [0.29, 0.717) is 0 Å². The van der Waals surface area contributed by atoms with Crippen LogP contribution in [-0.4, -0.2) is 377 Å². The summed E-state index contributed by atoms with van der Waals surface area (Å²) in [5, 5.41) is 239. The van der Waals surface area contributed by atoms with Gasteiger partial charge in [0.15, 0.2) is 44.0 Å². The topological polar surface area (TPSA) is 585 Å². The van der Waals surface area contributed by atoms with Crippen LogP contribution in [0.2, 0.25) is 0 Å². The molecule has 21 saturated heterocycles. The highest BCUT2D eigenvalue weighted by Gasteiger charge is 2.59. The quantitative estimate of drug-likeness (QED) is 0.115. The predicted octanol–water partition coefficient (Wildman–Crippen LogP) is -15.2. The van der Waals surface area contributed by atoms with Crippen LogP contribution in [0.4, 0.5) is 0 Å². The molecule has 14 bridgehead atoms. The van der Waals surface area contributed by atoms with E-state index in [1.54, 1.807) is 0 Å². The number of aliphatic hydroxyl groups is 20. The molecule has 35 atom stereocenters. The van der Waals surface area contributed by atoms with Crippen molar-refractivity contribution < 1.29 is 174 Å². The maximum absolute atomic E-state index is 11.7. The highest BCUT2D eigenvalue weighted by Crippen LogP contribution is 2.39. The molecule has 22 rings (SSSR count). The number of aromatic hydroxyl groups is 1. The predicted molar refractivity (Wildman–Crippen MR) is 243 cm³/mol. The Bertz CT molecular complexity index is 2150. The van der Waals surface area contributed by atoms with Gasteiger partial charge in [-0.3, -0.25) is 0 Å². The smallest absolute Gasteiger partial charge is 0.251 e. The van der Waals surface area contributed by atoms with Crippen molar-refractivity contribution in [2.75, 3.05) is 39.6 Å². The van der Waals surface area contributed by atoms with Gasteiger partial charge in [-0.15, -0.1) is 0 Å². The molecular formula is C44H71N3O35. The third kappa shape index (κ3) is 12.5. The van der Waals surface area contributed by atoms with Crippen molar-refractivity contribution in [1.29, 1.82) is 0 Å². The summed E-state index contributed by atoms with van der Waals surface area (Å²) < 4.78 is 81.6. The van der Waals surface area contributed by atoms with E-state index >= 15 is 0 Å². The van der Waals surface area contributed by atoms with Crippen LogP contribution in [0.15, 0.2) is 6.20 Å². The van der Waals surface area contributed by atoms with Crippen LogP contribution in [0.1, 0.15) is 0 Å². The van der Waals surface area contributed by atoms with Gasteiger partial charge in [-0.05, 0) is 0 Å². The van der Waals surface area contributed by atoms with Crippen molar-refractivity contribution >= 4 is 0 Å². The molecule has 0 aromatic carbocycles. The fraction of sp³-hybridized carbons (Fsp3) is 0.955. The van der Waals surface area contributed by atoms with E-state index < -0.39 is 267 Å². The number of aliphatic hydroxyl groups excluding tert-OH is 20. The third-order valence-corrected chi connectivity index (χ3v) is 15.5. The van der Waals surface area contributed by atoms with Crippen LogP contribution >= 0.6 is 0 Å². The van der Waals surface area contributed by atoms with Gasteiger partial charge in [0.25, 0.3) is 5.88 Å². The van der Waals surface area contributed by atoms with Crippen molar-refractivity contribution in [3.8, 4) is 5.88 Å². The molecule has 0 spiro atoms. The Balaban J connectivity index is 1.02. The van der Waals surface area contributed by atoms with Crippen molar-refractivity contribution in [3.05, 3.63) is 6.20 Å². The van der Waals surface area contributed by atoms with E-state index in [4.69, 9.17) is 66.3 Å². The fourth-order valence-electron chi connectivity index (χ4n) is 11.0. The van der Waals surface area contributed by atoms with Gasteiger partial charge in [-0.25, -0.2) is 4.68 Å². The Hall–Kier alpha value is -2.42. The molecule has 472 valence electrons. The molecule has 21 fully saturated rings. The van der Waals surface area contributed by atoms with Crippen LogP contribution < -0.4 is 0 Å². The van der Waals surface area contributed by atoms with Gasteiger partial charge < -0.3 is 174 Å². The zero-order valence-corrected chi connectivity index (χ0v) is 42.7. The highest BCUT2D eigenvalue weighted by molar-refractivity contribution is 5.02. The summed E-state index contributed by atoms with van der Waals surface area (Å²) in [5.74, 6) is -0.606. The molecule has 0 saturated carbocycles. The summed E-state index contributed by atoms with van der Waals surface area (Å²) in [4.78, 5) is 0. The minimum absolute atomic E-state index is 0.553. The molecule has 0 aliphatic carbocycles. The molecule has 1 aromatic rings. The lowest BCUT2D eigenvalue weighted by molar-refractivity contribution is -0.396. The lowest BCUT2D eigenvalue weighted by atomic mass is 9.95. The summed E-state index contributed by atoms with van der Waals surface area (Å²) in [6.07, 6.45) is -69.7. The standard InChI is InChI=1S/C44H71N3O35/c48-3-10-32-19(57)26(64)40(71-10)79-34-12(5-50)73-42(28(66)21(34)59)81-36-14(7-52)75-44(30(68)23(36)61)82-37-15(8-53)74-43(29(67)22(37)60)80-35-13(6-51)72-41(27(65)20(35)58)78-33-11(4-49)70-39(25(63)18(33)56)76-31-9(1-47-2-16(54)45-46-47)69-38(77-32)24(62)17(31)55/h2,9-15,17-44,48-68H,1,3-8H2/t9-,10-,11-,12-,13-,14-,15-,17-,18-,19-,20-,21-,22-,23-,24-,25-,26-,27-,28-,29-,30-,31-,32-,33-,34-,35-,36-,37-,38-,39-,40-,41-,42-,43-,44-/m1/s1. The maximum atomic E-state index is 11.7. The molecule has 38 heteroatoms. The van der Waals surface area contributed by atoms with E-state index in [-0.39, 0.29) is 0 Å². The maximum Gasteiger partial charge on any atom is 0.251 e. The average Bonchev–Trinajstić information content (AvgIpc) is 4.00. The Kier molecular flexibility index (Phi) is 21.0. The first-order valence-corrected chi connectivity index (χ1v) is 26.0. The van der Waals surface area contributed by atoms with Crippen LogP contribution in [0, 0.1) is 0 Å². The van der Waals surface area contributed by atoms with Crippen LogP contribution in [0.25, 0.3) is 0 Å². The van der Waals surface area contributed by atoms with Gasteiger partial charge >= 0.3 is 0 Å². The second-order valence-corrected chi connectivity index (χ2v) is 20.8. The fourth-order valence-corrected chi connectivity index (χ4v) is 11.0. The Morgan fingerprint density at radius 1 is 0.280 bits per heavy atom. The number of ether oxygens (including phenoxy) is 14. The number of hydrogen-bond donors (Lipinski definition) is 21. The second-order valence-electron chi connectivity index (χ2n) is 20.8. The summed E-state index contributed by atoms with van der Waals surface area (Å²) in [6, 6.07) is 0. The highest BCUT2D eigenvalue weighted by atomic mass is 16.8. The van der Waals surface area contributed by atoms with Crippen LogP contribution in [0.3, 0.4) is 0 Å². The first-order valence-electron chi connectivity index (χ1n) is 26.0. The number of hydrogen-bond acceptors (Lipinski definition) is 37. The Morgan fingerprint density at radius 2 is 0.463 bits per heavy atom. The summed E-state index contributed by atoms with van der Waals surface area (Å²) >= 11 is 0. The zero-order valence-electron chi connectivity index (χ0n) is 42.7. The minimum Gasteiger partial charge on any atom is -0.491 e. The summed E-state index contributed by atoms with van der Waals surface area (Å²) in [5.41, 5.74) is 0. The summed E-state index contributed by atoms with van der Waals surface area (Å²) in [6.45, 7) is -6.90. The third-order valence-electron chi connectivity index (χ3n) is 15.5. The normalized spacial score (nSPS) is 52.7. The number of nitrogens with zero attached hydrogens (tertiary/aromatic N) is 3. The molecule has 0 unspecified atom stereocenters. The Labute approximate surface area is 461 Å². The molecule has 38 nitrogen and oxygen atoms in total. The SMILES string of the molecule is OC[C@H]1O[C@@H]2O[C@H]3[C@H](O)[C@@H](O)[C@@H](O[C@H]4[C@H](O)[C@@H](O)[C@@H](O[C@H]5[C@H](O)[C@@H](O)[C@@H](O[C@H]6[C@H](O)[C@@H](O)[C@@H](O[C@H]7[C@H](O)[C@@H](O)[C@@H](O[C@H]8[C@H](O)[C@@H](O)[C@@H](O[C@H]1[C@H](O)[C@H]2O)O[C@@H]8CO)O[C@@H]7CO)O[C@@H]6CO)O[C@@H]5Cn1cc(O)nn1)O[C@@H]4CO)O[C@@H]3CO. The van der Waals surface area contributed by atoms with Crippen molar-refractivity contribution in [2.24, 2.45) is 0 Å². The largest absolute Gasteiger partial charge is 0.491 e. The second kappa shape index (κ2) is 26.9. The average molecular weight is 1200 g/mol. The van der Waals surface area contributed by atoms with Crippen LogP contribution in [-0.2, 0) is 72.9 Å². The first-order chi connectivity index (χ1) is 39.1. The molecule has 82 heavy (non-hydrogen) atoms. The molecule has 21 aliphatic heterocycles. The Morgan fingerprint density at radius 3 is 0.634 bits per heavy atom. The van der Waals surface area contributed by atoms with Gasteiger partial charge in [-0.1, -0.05) is 10.3 Å². The number of rotatable bonds is 8. The molecule has 1 aromatic heterocycles. The first kappa shape index (κ1) is 64.1. The number of aromatic nitrogens is 3. The van der Waals surface area contributed by atoms with Gasteiger partial charge in [0.2, 0.25) is 0 Å². The molecule has 21 aliphatic rings. The molecule has 0 radical (unpaired) electrons. The van der Waals surface area contributed by atoms with Gasteiger partial charge in [0.1, 0.15) is 171 Å². The van der Waals surface area contributed by atoms with Gasteiger partial charge in [0, 0.05) is 0 Å². The molecule has 0 amide bonds. The summed E-state index contributed by atoms with van der Waals surface area (Å²) in [7, 11) is 0. The van der Waals surface area contributed by atoms with Crippen molar-refractivity contribution in [2.45, 2.75) is 221 Å². The van der Waals surface area contributed by atoms with E-state index in [0.717, 1.165) is 10.9 Å². The van der Waals surface area contributed by atoms with E-state index in [2.05, 4.69) is 10.3 Å². The van der Waals surface area contributed by atoms with E-state index in [1.807, 2.05) is 0 Å². The van der Waals surface area contributed by atoms with Crippen LogP contribution in [0.5, 0.6) is 5.88 Å². The van der Waals surface area contributed by atoms with E-state index in [1.165, 1.54) is 0 Å². The molecule has 22 heterocycles. The van der Waals surface area contributed by atoms with Gasteiger partial charge in [0.05, 0.1) is 52.4 Å². The minimum atomic E-state index is -2.23. The van der Waals surface area contributed by atoms with E-state index in [9.17, 15) is 107 Å². The van der Waals surface area contributed by atoms with Gasteiger partial charge in [-0.2, -0.15) is 0 Å².